The Morgan fingerprint density at radius 3 is 2.89 bits per heavy atom. The van der Waals surface area contributed by atoms with Crippen molar-refractivity contribution < 1.29 is 4.74 Å². The second kappa shape index (κ2) is 6.91. The molecule has 0 spiro atoms. The third kappa shape index (κ3) is 3.94. The number of rotatable bonds is 5. The minimum Gasteiger partial charge on any atom is -0.381 e. The van der Waals surface area contributed by atoms with E-state index in [2.05, 4.69) is 27.5 Å². The summed E-state index contributed by atoms with van der Waals surface area (Å²) < 4.78 is 5.39. The highest BCUT2D eigenvalue weighted by molar-refractivity contribution is 6.32. The van der Waals surface area contributed by atoms with E-state index in [-0.39, 0.29) is 0 Å². The van der Waals surface area contributed by atoms with E-state index in [9.17, 15) is 0 Å². The van der Waals surface area contributed by atoms with Gasteiger partial charge in [-0.3, -0.25) is 0 Å². The van der Waals surface area contributed by atoms with Crippen LogP contribution < -0.4 is 10.6 Å². The molecule has 1 fully saturated rings. The Balaban J connectivity index is 2.02. The predicted molar refractivity (Wildman–Crippen MR) is 77.8 cm³/mol. The van der Waals surface area contributed by atoms with Crippen molar-refractivity contribution in [3.63, 3.8) is 0 Å². The zero-order valence-corrected chi connectivity index (χ0v) is 12.2. The van der Waals surface area contributed by atoms with E-state index in [0.29, 0.717) is 28.7 Å². The predicted octanol–water partition coefficient (Wildman–Crippen LogP) is 2.79. The van der Waals surface area contributed by atoms with Crippen molar-refractivity contribution in [1.29, 1.82) is 0 Å². The number of hydrogen-bond donors (Lipinski definition) is 2. The van der Waals surface area contributed by atoms with Crippen LogP contribution >= 0.6 is 11.6 Å². The average Bonchev–Trinajstić information content (AvgIpc) is 2.44. The zero-order chi connectivity index (χ0) is 13.7. The molecule has 106 valence electrons. The maximum absolute atomic E-state index is 6.14. The third-order valence-corrected chi connectivity index (χ3v) is 3.69. The van der Waals surface area contributed by atoms with Crippen LogP contribution in [0.1, 0.15) is 26.7 Å². The third-order valence-electron chi connectivity index (χ3n) is 3.42. The molecule has 0 amide bonds. The number of aromatic nitrogens is 2. The van der Waals surface area contributed by atoms with Crippen molar-refractivity contribution in [1.82, 2.24) is 9.97 Å². The van der Waals surface area contributed by atoms with Crippen LogP contribution in [0.25, 0.3) is 0 Å². The lowest BCUT2D eigenvalue weighted by Crippen LogP contribution is -2.31. The van der Waals surface area contributed by atoms with Crippen molar-refractivity contribution in [2.75, 3.05) is 30.4 Å². The number of nitrogens with zero attached hydrogens (tertiary/aromatic N) is 2. The Morgan fingerprint density at radius 1 is 1.47 bits per heavy atom. The minimum absolute atomic E-state index is 0.325. The van der Waals surface area contributed by atoms with Gasteiger partial charge in [0.15, 0.2) is 5.82 Å². The normalized spacial score (nSPS) is 18.1. The SMILES string of the molecule is CCNc1ncc(Cl)c(NC(C)C2CCOCC2)n1. The smallest absolute Gasteiger partial charge is 0.224 e. The van der Waals surface area contributed by atoms with Crippen LogP contribution in [0.2, 0.25) is 5.02 Å². The van der Waals surface area contributed by atoms with Gasteiger partial charge < -0.3 is 15.4 Å². The first-order valence-corrected chi connectivity index (χ1v) is 7.19. The summed E-state index contributed by atoms with van der Waals surface area (Å²) in [4.78, 5) is 8.53. The summed E-state index contributed by atoms with van der Waals surface area (Å²) in [6.07, 6.45) is 3.79. The summed E-state index contributed by atoms with van der Waals surface area (Å²) in [5, 5.41) is 7.04. The van der Waals surface area contributed by atoms with Crippen molar-refractivity contribution in [2.24, 2.45) is 5.92 Å². The van der Waals surface area contributed by atoms with Crippen molar-refractivity contribution in [3.8, 4) is 0 Å². The molecular weight excluding hydrogens is 264 g/mol. The van der Waals surface area contributed by atoms with Crippen LogP contribution in [0.4, 0.5) is 11.8 Å². The summed E-state index contributed by atoms with van der Waals surface area (Å²) in [5.74, 6) is 1.91. The fourth-order valence-corrected chi connectivity index (χ4v) is 2.41. The van der Waals surface area contributed by atoms with Gasteiger partial charge in [0.2, 0.25) is 5.95 Å². The van der Waals surface area contributed by atoms with Gasteiger partial charge >= 0.3 is 0 Å². The van der Waals surface area contributed by atoms with Gasteiger partial charge in [0, 0.05) is 25.8 Å². The van der Waals surface area contributed by atoms with E-state index in [4.69, 9.17) is 16.3 Å². The molecule has 1 aliphatic rings. The highest BCUT2D eigenvalue weighted by Crippen LogP contribution is 2.25. The molecule has 1 unspecified atom stereocenters. The van der Waals surface area contributed by atoms with E-state index >= 15 is 0 Å². The van der Waals surface area contributed by atoms with Crippen LogP contribution in [-0.4, -0.2) is 35.8 Å². The molecule has 1 aromatic heterocycles. The first kappa shape index (κ1) is 14.3. The van der Waals surface area contributed by atoms with E-state index in [1.54, 1.807) is 6.20 Å². The maximum atomic E-state index is 6.14. The molecule has 19 heavy (non-hydrogen) atoms. The van der Waals surface area contributed by atoms with Gasteiger partial charge in [-0.05, 0) is 32.6 Å². The molecule has 5 nitrogen and oxygen atoms in total. The molecule has 0 saturated carbocycles. The second-order valence-corrected chi connectivity index (χ2v) is 5.21. The van der Waals surface area contributed by atoms with Crippen molar-refractivity contribution >= 4 is 23.4 Å². The summed E-state index contributed by atoms with van der Waals surface area (Å²) >= 11 is 6.14. The topological polar surface area (TPSA) is 59.1 Å². The quantitative estimate of drug-likeness (QED) is 0.871. The van der Waals surface area contributed by atoms with Gasteiger partial charge in [0.05, 0.1) is 6.20 Å². The molecule has 0 bridgehead atoms. The van der Waals surface area contributed by atoms with E-state index < -0.39 is 0 Å². The fraction of sp³-hybridized carbons (Fsp3) is 0.692. The van der Waals surface area contributed by atoms with Crippen molar-refractivity contribution in [2.45, 2.75) is 32.7 Å². The standard InChI is InChI=1S/C13H21ClN4O/c1-3-15-13-16-8-11(14)12(18-13)17-9(2)10-4-6-19-7-5-10/h8-10H,3-7H2,1-2H3,(H2,15,16,17,18). The number of ether oxygens (including phenoxy) is 1. The van der Waals surface area contributed by atoms with Gasteiger partial charge in [-0.2, -0.15) is 4.98 Å². The molecule has 2 heterocycles. The first-order chi connectivity index (χ1) is 9.20. The van der Waals surface area contributed by atoms with Crippen LogP contribution in [-0.2, 0) is 4.74 Å². The molecule has 0 aliphatic carbocycles. The van der Waals surface area contributed by atoms with Gasteiger partial charge in [-0.25, -0.2) is 4.98 Å². The monoisotopic (exact) mass is 284 g/mol. The van der Waals surface area contributed by atoms with Gasteiger partial charge in [-0.15, -0.1) is 0 Å². The molecule has 6 heteroatoms. The summed E-state index contributed by atoms with van der Waals surface area (Å²) in [6.45, 7) is 6.65. The molecule has 1 aromatic rings. The van der Waals surface area contributed by atoms with Crippen LogP contribution in [0.15, 0.2) is 6.20 Å². The highest BCUT2D eigenvalue weighted by Gasteiger charge is 2.21. The second-order valence-electron chi connectivity index (χ2n) is 4.80. The highest BCUT2D eigenvalue weighted by atomic mass is 35.5. The minimum atomic E-state index is 0.325. The van der Waals surface area contributed by atoms with Crippen LogP contribution in [0, 0.1) is 5.92 Å². The Morgan fingerprint density at radius 2 is 2.21 bits per heavy atom. The van der Waals surface area contributed by atoms with Gasteiger partial charge in [0.25, 0.3) is 0 Å². The molecule has 1 atom stereocenters. The van der Waals surface area contributed by atoms with Crippen LogP contribution in [0.3, 0.4) is 0 Å². The van der Waals surface area contributed by atoms with E-state index in [1.165, 1.54) is 0 Å². The Bertz CT molecular complexity index is 410. The average molecular weight is 285 g/mol. The van der Waals surface area contributed by atoms with E-state index in [0.717, 1.165) is 32.6 Å². The number of nitrogens with one attached hydrogen (secondary N) is 2. The fourth-order valence-electron chi connectivity index (χ4n) is 2.26. The Labute approximate surface area is 119 Å². The molecule has 1 saturated heterocycles. The summed E-state index contributed by atoms with van der Waals surface area (Å²) in [6, 6.07) is 0.325. The lowest BCUT2D eigenvalue weighted by Gasteiger charge is -2.28. The summed E-state index contributed by atoms with van der Waals surface area (Å²) in [5.41, 5.74) is 0. The van der Waals surface area contributed by atoms with Crippen LogP contribution in [0.5, 0.6) is 0 Å². The van der Waals surface area contributed by atoms with Gasteiger partial charge in [-0.1, -0.05) is 11.6 Å². The lowest BCUT2D eigenvalue weighted by atomic mass is 9.93. The molecule has 2 rings (SSSR count). The molecule has 2 N–H and O–H groups in total. The molecule has 0 aromatic carbocycles. The number of hydrogen-bond acceptors (Lipinski definition) is 5. The Hall–Kier alpha value is -1.07. The lowest BCUT2D eigenvalue weighted by molar-refractivity contribution is 0.0622. The van der Waals surface area contributed by atoms with Crippen molar-refractivity contribution in [3.05, 3.63) is 11.2 Å². The first-order valence-electron chi connectivity index (χ1n) is 6.81. The molecular formula is C13H21ClN4O. The van der Waals surface area contributed by atoms with E-state index in [1.807, 2.05) is 6.92 Å². The Kier molecular flexibility index (Phi) is 5.22. The number of anilines is 2. The van der Waals surface area contributed by atoms with Gasteiger partial charge in [0.1, 0.15) is 5.02 Å². The largest absolute Gasteiger partial charge is 0.381 e. The maximum Gasteiger partial charge on any atom is 0.224 e. The summed E-state index contributed by atoms with van der Waals surface area (Å²) in [7, 11) is 0. The molecule has 1 aliphatic heterocycles. The molecule has 0 radical (unpaired) electrons. The zero-order valence-electron chi connectivity index (χ0n) is 11.4. The number of halogens is 1.